The molecular formula is C28H34N6O12. The van der Waals surface area contributed by atoms with E-state index < -0.39 is 67.8 Å². The van der Waals surface area contributed by atoms with Crippen LogP contribution in [0.3, 0.4) is 0 Å². The lowest BCUT2D eigenvalue weighted by molar-refractivity contribution is -0.396. The maximum Gasteiger partial charge on any atom is 0.407 e. The molecule has 0 atom stereocenters. The van der Waals surface area contributed by atoms with E-state index in [1.165, 1.54) is 12.1 Å². The van der Waals surface area contributed by atoms with Crippen LogP contribution in [0.25, 0.3) is 0 Å². The van der Waals surface area contributed by atoms with Gasteiger partial charge in [0.25, 0.3) is 22.7 Å². The molecule has 2 amide bonds. The van der Waals surface area contributed by atoms with Gasteiger partial charge in [-0.05, 0) is 37.8 Å². The smallest absolute Gasteiger partial charge is 0.407 e. The van der Waals surface area contributed by atoms with Gasteiger partial charge in [-0.1, -0.05) is 38.5 Å². The van der Waals surface area contributed by atoms with Crippen LogP contribution in [0.15, 0.2) is 36.4 Å². The molecule has 248 valence electrons. The molecule has 0 saturated heterocycles. The first-order valence-corrected chi connectivity index (χ1v) is 14.7. The molecule has 2 N–H and O–H groups in total. The van der Waals surface area contributed by atoms with E-state index in [0.29, 0.717) is 0 Å². The summed E-state index contributed by atoms with van der Waals surface area (Å²) < 4.78 is 9.91. The topological polar surface area (TPSA) is 249 Å². The summed E-state index contributed by atoms with van der Waals surface area (Å²) in [5.41, 5.74) is -2.20. The number of carbonyl (C=O) groups is 2. The van der Waals surface area contributed by atoms with Gasteiger partial charge in [-0.3, -0.25) is 40.5 Å². The number of nitro groups is 4. The number of ether oxygens (including phenoxy) is 2. The second-order valence-electron chi connectivity index (χ2n) is 10.7. The monoisotopic (exact) mass is 646 g/mol. The Kier molecular flexibility index (Phi) is 13.1. The summed E-state index contributed by atoms with van der Waals surface area (Å²) in [6.45, 7) is -1.04. The van der Waals surface area contributed by atoms with Crippen LogP contribution < -0.4 is 10.6 Å². The van der Waals surface area contributed by atoms with E-state index in [4.69, 9.17) is 9.47 Å². The van der Waals surface area contributed by atoms with E-state index in [0.717, 1.165) is 88.5 Å². The first kappa shape index (κ1) is 35.1. The Labute approximate surface area is 262 Å². The number of nitrogens with one attached hydrogen (secondary N) is 2. The molecule has 0 aliphatic heterocycles. The number of hydrogen-bond donors (Lipinski definition) is 2. The van der Waals surface area contributed by atoms with Gasteiger partial charge in [-0.15, -0.1) is 0 Å². The van der Waals surface area contributed by atoms with Gasteiger partial charge in [0.2, 0.25) is 0 Å². The van der Waals surface area contributed by atoms with Crippen molar-refractivity contribution in [2.75, 3.05) is 0 Å². The summed E-state index contributed by atoms with van der Waals surface area (Å²) in [5.74, 6) is 0. The van der Waals surface area contributed by atoms with Crippen molar-refractivity contribution in [3.8, 4) is 0 Å². The molecular weight excluding hydrogens is 612 g/mol. The number of nitro benzene ring substituents is 4. The van der Waals surface area contributed by atoms with Crippen molar-refractivity contribution in [3.05, 3.63) is 88.0 Å². The Morgan fingerprint density at radius 2 is 0.848 bits per heavy atom. The minimum absolute atomic E-state index is 0.0250. The Hall–Kier alpha value is -5.42. The van der Waals surface area contributed by atoms with E-state index >= 15 is 0 Å². The van der Waals surface area contributed by atoms with E-state index in [1.54, 1.807) is 0 Å². The number of rotatable bonds is 10. The van der Waals surface area contributed by atoms with Crippen LogP contribution in [0.2, 0.25) is 0 Å². The number of nitrogens with zero attached hydrogens (tertiary/aromatic N) is 4. The van der Waals surface area contributed by atoms with Crippen molar-refractivity contribution in [2.45, 2.75) is 89.5 Å². The van der Waals surface area contributed by atoms with Gasteiger partial charge in [0.05, 0.1) is 19.7 Å². The highest BCUT2D eigenvalue weighted by Gasteiger charge is 2.27. The normalized spacial score (nSPS) is 15.0. The standard InChI is InChI=1S/2C14H17N3O6/c2*18-14(15-10-5-2-1-3-6-10)23-9-11-12(16(19)20)7-4-8-13(11)17(21)22/h2*4,7-8,10H,1-3,5-6,9H2,(H,15,18). The van der Waals surface area contributed by atoms with Crippen molar-refractivity contribution in [1.82, 2.24) is 10.6 Å². The Morgan fingerprint density at radius 1 is 0.565 bits per heavy atom. The summed E-state index contributed by atoms with van der Waals surface area (Å²) in [7, 11) is 0. The van der Waals surface area contributed by atoms with Crippen LogP contribution in [0, 0.1) is 40.5 Å². The van der Waals surface area contributed by atoms with Gasteiger partial charge in [0.15, 0.2) is 0 Å². The Balaban J connectivity index is 0.000000250. The Morgan fingerprint density at radius 3 is 1.11 bits per heavy atom. The molecule has 2 aliphatic rings. The third-order valence-corrected chi connectivity index (χ3v) is 7.59. The molecule has 46 heavy (non-hydrogen) atoms. The molecule has 0 radical (unpaired) electrons. The van der Waals surface area contributed by atoms with Crippen LogP contribution in [0.5, 0.6) is 0 Å². The fourth-order valence-corrected chi connectivity index (χ4v) is 5.29. The molecule has 0 unspecified atom stereocenters. The van der Waals surface area contributed by atoms with E-state index in [-0.39, 0.29) is 23.2 Å². The lowest BCUT2D eigenvalue weighted by Crippen LogP contribution is -2.36. The molecule has 18 nitrogen and oxygen atoms in total. The molecule has 18 heteroatoms. The maximum absolute atomic E-state index is 11.8. The molecule has 2 aliphatic carbocycles. The molecule has 4 rings (SSSR count). The third kappa shape index (κ3) is 10.3. The fourth-order valence-electron chi connectivity index (χ4n) is 5.29. The summed E-state index contributed by atoms with van der Waals surface area (Å²) in [5, 5.41) is 49.3. The number of hydrogen-bond acceptors (Lipinski definition) is 12. The average Bonchev–Trinajstić information content (AvgIpc) is 3.03. The van der Waals surface area contributed by atoms with Gasteiger partial charge >= 0.3 is 12.2 Å². The SMILES string of the molecule is O=C(NC1CCCCC1)OCc1c([N+](=O)[O-])cccc1[N+](=O)[O-].O=C(NC1CCCCC1)OCc1c([N+](=O)[O-])cccc1[N+](=O)[O-]. The van der Waals surface area contributed by atoms with Crippen LogP contribution in [0.1, 0.15) is 75.3 Å². The van der Waals surface area contributed by atoms with Gasteiger partial charge in [-0.25, -0.2) is 9.59 Å². The van der Waals surface area contributed by atoms with Gasteiger partial charge in [-0.2, -0.15) is 0 Å². The predicted molar refractivity (Wildman–Crippen MR) is 160 cm³/mol. The Bertz CT molecular complexity index is 1270. The first-order chi connectivity index (χ1) is 22.0. The average molecular weight is 647 g/mol. The number of alkyl carbamates (subject to hydrolysis) is 2. The zero-order chi connectivity index (χ0) is 33.6. The predicted octanol–water partition coefficient (Wildman–Crippen LogP) is 6.12. The van der Waals surface area contributed by atoms with Crippen LogP contribution in [0.4, 0.5) is 32.3 Å². The second kappa shape index (κ2) is 17.2. The molecule has 0 bridgehead atoms. The molecule has 2 aromatic carbocycles. The van der Waals surface area contributed by atoms with Crippen LogP contribution >= 0.6 is 0 Å². The molecule has 2 aromatic rings. The second-order valence-corrected chi connectivity index (χ2v) is 10.7. The highest BCUT2D eigenvalue weighted by atomic mass is 16.6. The summed E-state index contributed by atoms with van der Waals surface area (Å²) in [4.78, 5) is 64.6. The van der Waals surface area contributed by atoms with Crippen molar-refractivity contribution >= 4 is 34.9 Å². The van der Waals surface area contributed by atoms with Crippen LogP contribution in [-0.2, 0) is 22.7 Å². The van der Waals surface area contributed by atoms with Gasteiger partial charge < -0.3 is 20.1 Å². The number of carbonyl (C=O) groups excluding carboxylic acids is 2. The van der Waals surface area contributed by atoms with Gasteiger partial charge in [0, 0.05) is 36.3 Å². The van der Waals surface area contributed by atoms with Gasteiger partial charge in [0.1, 0.15) is 24.3 Å². The third-order valence-electron chi connectivity index (χ3n) is 7.59. The van der Waals surface area contributed by atoms with Crippen molar-refractivity contribution in [2.24, 2.45) is 0 Å². The summed E-state index contributed by atoms with van der Waals surface area (Å²) >= 11 is 0. The largest absolute Gasteiger partial charge is 0.444 e. The maximum atomic E-state index is 11.8. The van der Waals surface area contributed by atoms with Crippen molar-refractivity contribution in [1.29, 1.82) is 0 Å². The summed E-state index contributed by atoms with van der Waals surface area (Å²) in [6.07, 6.45) is 8.39. The zero-order valence-corrected chi connectivity index (χ0v) is 24.8. The molecule has 2 fully saturated rings. The zero-order valence-electron chi connectivity index (χ0n) is 24.8. The van der Waals surface area contributed by atoms with Crippen molar-refractivity contribution < 1.29 is 38.8 Å². The van der Waals surface area contributed by atoms with Crippen molar-refractivity contribution in [3.63, 3.8) is 0 Å². The molecule has 0 heterocycles. The van der Waals surface area contributed by atoms with E-state index in [1.807, 2.05) is 0 Å². The molecule has 2 saturated carbocycles. The molecule has 0 spiro atoms. The quantitative estimate of drug-likeness (QED) is 0.219. The minimum atomic E-state index is -0.731. The highest BCUT2D eigenvalue weighted by molar-refractivity contribution is 5.68. The fraction of sp³-hybridized carbons (Fsp3) is 0.500. The van der Waals surface area contributed by atoms with E-state index in [9.17, 15) is 50.0 Å². The lowest BCUT2D eigenvalue weighted by atomic mass is 9.96. The molecule has 0 aromatic heterocycles. The highest BCUT2D eigenvalue weighted by Crippen LogP contribution is 2.30. The summed E-state index contributed by atoms with van der Waals surface area (Å²) in [6, 6.07) is 7.07. The lowest BCUT2D eigenvalue weighted by Gasteiger charge is -2.22. The number of benzene rings is 2. The minimum Gasteiger partial charge on any atom is -0.444 e. The van der Waals surface area contributed by atoms with E-state index in [2.05, 4.69) is 10.6 Å². The van der Waals surface area contributed by atoms with Crippen LogP contribution in [-0.4, -0.2) is 44.0 Å². The number of amides is 2. The first-order valence-electron chi connectivity index (χ1n) is 14.7.